The summed E-state index contributed by atoms with van der Waals surface area (Å²) in [4.78, 5) is 0. The predicted molar refractivity (Wildman–Crippen MR) is 76.2 cm³/mol. The lowest BCUT2D eigenvalue weighted by Crippen LogP contribution is -2.16. The molecule has 110 valence electrons. The van der Waals surface area contributed by atoms with E-state index in [9.17, 15) is 0 Å². The van der Waals surface area contributed by atoms with Gasteiger partial charge >= 0.3 is 0 Å². The zero-order valence-electron chi connectivity index (χ0n) is 12.4. The van der Waals surface area contributed by atoms with Gasteiger partial charge in [0.05, 0.1) is 18.9 Å². The summed E-state index contributed by atoms with van der Waals surface area (Å²) < 4.78 is 12.3. The Balaban J connectivity index is 1.95. The number of rotatable bonds is 11. The highest BCUT2D eigenvalue weighted by Crippen LogP contribution is 2.03. The Labute approximate surface area is 116 Å². The number of hydrogen-bond acceptors (Lipinski definition) is 4. The smallest absolute Gasteiger partial charge is 0.0762 e. The van der Waals surface area contributed by atoms with E-state index in [0.29, 0.717) is 19.3 Å². The van der Waals surface area contributed by atoms with Crippen LogP contribution < -0.4 is 5.32 Å². The summed E-state index contributed by atoms with van der Waals surface area (Å²) in [5.41, 5.74) is 1.10. The van der Waals surface area contributed by atoms with E-state index in [1.54, 1.807) is 7.11 Å². The first-order valence-electron chi connectivity index (χ1n) is 7.05. The first-order chi connectivity index (χ1) is 9.24. The van der Waals surface area contributed by atoms with E-state index in [-0.39, 0.29) is 0 Å². The summed E-state index contributed by atoms with van der Waals surface area (Å²) in [5.74, 6) is 0. The molecule has 0 bridgehead atoms. The number of hydrogen-bond donors (Lipinski definition) is 1. The molecule has 0 radical (unpaired) electrons. The molecule has 1 aromatic rings. The number of nitrogens with one attached hydrogen (secondary N) is 1. The van der Waals surface area contributed by atoms with Crippen molar-refractivity contribution < 1.29 is 9.47 Å². The maximum atomic E-state index is 5.40. The molecule has 0 atom stereocenters. The van der Waals surface area contributed by atoms with Gasteiger partial charge in [-0.05, 0) is 39.3 Å². The summed E-state index contributed by atoms with van der Waals surface area (Å²) in [5, 5.41) is 7.89. The number of methoxy groups -OCH3 is 1. The molecule has 1 aromatic heterocycles. The molecule has 0 saturated carbocycles. The fraction of sp³-hybridized carbons (Fsp3) is 0.786. The van der Waals surface area contributed by atoms with Crippen LogP contribution in [0.2, 0.25) is 0 Å². The highest BCUT2D eigenvalue weighted by atomic mass is 16.5. The van der Waals surface area contributed by atoms with Crippen molar-refractivity contribution in [3.63, 3.8) is 0 Å². The van der Waals surface area contributed by atoms with E-state index in [2.05, 4.69) is 30.3 Å². The van der Waals surface area contributed by atoms with Crippen LogP contribution in [0.25, 0.3) is 0 Å². The van der Waals surface area contributed by atoms with E-state index in [0.717, 1.165) is 38.2 Å². The Kier molecular flexibility index (Phi) is 8.45. The molecule has 19 heavy (non-hydrogen) atoms. The topological polar surface area (TPSA) is 48.3 Å². The van der Waals surface area contributed by atoms with E-state index in [1.165, 1.54) is 0 Å². The van der Waals surface area contributed by atoms with Gasteiger partial charge in [0.15, 0.2) is 0 Å². The fourth-order valence-electron chi connectivity index (χ4n) is 1.67. The van der Waals surface area contributed by atoms with Crippen LogP contribution in [0.5, 0.6) is 0 Å². The Hall–Kier alpha value is -0.910. The first kappa shape index (κ1) is 16.1. The number of ether oxygens (including phenoxy) is 2. The zero-order valence-corrected chi connectivity index (χ0v) is 12.4. The minimum atomic E-state index is 0.429. The average Bonchev–Trinajstić information content (AvgIpc) is 2.86. The Morgan fingerprint density at radius 3 is 2.79 bits per heavy atom. The Bertz CT molecular complexity index is 326. The van der Waals surface area contributed by atoms with Gasteiger partial charge in [-0.25, -0.2) is 0 Å². The standard InChI is InChI=1S/C14H27N3O2/c1-13(2)17-8-6-14(16-17)12-15-7-4-5-9-19-11-10-18-3/h6,8,13,15H,4-5,7,9-12H2,1-3H3. The minimum absolute atomic E-state index is 0.429. The van der Waals surface area contributed by atoms with Crippen LogP contribution in [-0.2, 0) is 16.0 Å². The van der Waals surface area contributed by atoms with Crippen LogP contribution in [0, 0.1) is 0 Å². The molecule has 0 aliphatic rings. The maximum absolute atomic E-state index is 5.40. The van der Waals surface area contributed by atoms with Crippen molar-refractivity contribution in [1.29, 1.82) is 0 Å². The van der Waals surface area contributed by atoms with Gasteiger partial charge in [-0.3, -0.25) is 4.68 Å². The summed E-state index contributed by atoms with van der Waals surface area (Å²) in [6.45, 7) is 8.29. The Morgan fingerprint density at radius 2 is 2.11 bits per heavy atom. The van der Waals surface area contributed by atoms with Crippen LogP contribution in [0.1, 0.15) is 38.4 Å². The van der Waals surface area contributed by atoms with Gasteiger partial charge in [0.2, 0.25) is 0 Å². The van der Waals surface area contributed by atoms with Gasteiger partial charge in [-0.1, -0.05) is 0 Å². The quantitative estimate of drug-likeness (QED) is 0.624. The van der Waals surface area contributed by atoms with E-state index < -0.39 is 0 Å². The van der Waals surface area contributed by atoms with Crippen molar-refractivity contribution in [1.82, 2.24) is 15.1 Å². The third-order valence-electron chi connectivity index (χ3n) is 2.82. The SMILES string of the molecule is COCCOCCCCNCc1ccn(C(C)C)n1. The van der Waals surface area contributed by atoms with Crippen molar-refractivity contribution in [2.75, 3.05) is 33.5 Å². The monoisotopic (exact) mass is 269 g/mol. The van der Waals surface area contributed by atoms with Gasteiger partial charge < -0.3 is 14.8 Å². The third kappa shape index (κ3) is 7.30. The average molecular weight is 269 g/mol. The van der Waals surface area contributed by atoms with Crippen LogP contribution in [-0.4, -0.2) is 43.3 Å². The van der Waals surface area contributed by atoms with E-state index in [1.807, 2.05) is 10.9 Å². The van der Waals surface area contributed by atoms with Crippen molar-refractivity contribution >= 4 is 0 Å². The summed E-state index contributed by atoms with van der Waals surface area (Å²) >= 11 is 0. The number of aromatic nitrogens is 2. The molecule has 0 spiro atoms. The molecular formula is C14H27N3O2. The van der Waals surface area contributed by atoms with Crippen LogP contribution in [0.3, 0.4) is 0 Å². The largest absolute Gasteiger partial charge is 0.382 e. The lowest BCUT2D eigenvalue weighted by Gasteiger charge is -2.05. The molecule has 1 heterocycles. The van der Waals surface area contributed by atoms with Gasteiger partial charge in [0, 0.05) is 32.5 Å². The molecule has 0 aliphatic carbocycles. The van der Waals surface area contributed by atoms with Crippen molar-refractivity contribution in [3.8, 4) is 0 Å². The number of unbranched alkanes of at least 4 members (excludes halogenated alkanes) is 1. The highest BCUT2D eigenvalue weighted by Gasteiger charge is 2.01. The van der Waals surface area contributed by atoms with Crippen LogP contribution in [0.4, 0.5) is 0 Å². The van der Waals surface area contributed by atoms with Crippen molar-refractivity contribution in [2.24, 2.45) is 0 Å². The van der Waals surface area contributed by atoms with Gasteiger partial charge in [-0.2, -0.15) is 5.10 Å². The van der Waals surface area contributed by atoms with Crippen molar-refractivity contribution in [2.45, 2.75) is 39.3 Å². The molecule has 0 amide bonds. The summed E-state index contributed by atoms with van der Waals surface area (Å²) in [6, 6.07) is 2.50. The second-order valence-electron chi connectivity index (χ2n) is 4.87. The molecule has 0 aromatic carbocycles. The van der Waals surface area contributed by atoms with Gasteiger partial charge in [0.1, 0.15) is 0 Å². The second kappa shape index (κ2) is 9.95. The fourth-order valence-corrected chi connectivity index (χ4v) is 1.67. The van der Waals surface area contributed by atoms with Gasteiger partial charge in [-0.15, -0.1) is 0 Å². The molecule has 5 heteroatoms. The normalized spacial score (nSPS) is 11.4. The van der Waals surface area contributed by atoms with Crippen molar-refractivity contribution in [3.05, 3.63) is 18.0 Å². The lowest BCUT2D eigenvalue weighted by molar-refractivity contribution is 0.0688. The second-order valence-corrected chi connectivity index (χ2v) is 4.87. The minimum Gasteiger partial charge on any atom is -0.382 e. The molecule has 5 nitrogen and oxygen atoms in total. The molecule has 0 aliphatic heterocycles. The molecule has 0 fully saturated rings. The Morgan fingerprint density at radius 1 is 1.26 bits per heavy atom. The third-order valence-corrected chi connectivity index (χ3v) is 2.82. The lowest BCUT2D eigenvalue weighted by atomic mass is 10.3. The molecule has 1 rings (SSSR count). The van der Waals surface area contributed by atoms with Crippen LogP contribution in [0.15, 0.2) is 12.3 Å². The van der Waals surface area contributed by atoms with Crippen LogP contribution >= 0.6 is 0 Å². The number of nitrogens with zero attached hydrogens (tertiary/aromatic N) is 2. The maximum Gasteiger partial charge on any atom is 0.0762 e. The van der Waals surface area contributed by atoms with E-state index >= 15 is 0 Å². The van der Waals surface area contributed by atoms with Gasteiger partial charge in [0.25, 0.3) is 0 Å². The predicted octanol–water partition coefficient (Wildman–Crippen LogP) is 2.00. The first-order valence-corrected chi connectivity index (χ1v) is 7.05. The summed E-state index contributed by atoms with van der Waals surface area (Å²) in [7, 11) is 1.69. The zero-order chi connectivity index (χ0) is 13.9. The highest BCUT2D eigenvalue weighted by molar-refractivity contribution is 4.98. The molecule has 0 saturated heterocycles. The molecular weight excluding hydrogens is 242 g/mol. The van der Waals surface area contributed by atoms with E-state index in [4.69, 9.17) is 9.47 Å². The summed E-state index contributed by atoms with van der Waals surface area (Å²) in [6.07, 6.45) is 4.24. The molecule has 0 unspecified atom stereocenters. The molecule has 1 N–H and O–H groups in total.